The van der Waals surface area contributed by atoms with Gasteiger partial charge < -0.3 is 4.74 Å². The maximum absolute atomic E-state index is 10.8. The monoisotopic (exact) mass is 232 g/mol. The van der Waals surface area contributed by atoms with Crippen LogP contribution in [-0.4, -0.2) is 10.2 Å². The van der Waals surface area contributed by atoms with Crippen molar-refractivity contribution < 1.29 is 13.7 Å². The van der Waals surface area contributed by atoms with Crippen LogP contribution in [0, 0.1) is 0 Å². The molecule has 5 heteroatoms. The molecule has 0 aliphatic carbocycles. The van der Waals surface area contributed by atoms with Crippen molar-refractivity contribution in [2.24, 2.45) is 0 Å². The minimum absolute atomic E-state index is 0.227. The van der Waals surface area contributed by atoms with Crippen LogP contribution in [0.3, 0.4) is 0 Å². The van der Waals surface area contributed by atoms with Crippen molar-refractivity contribution in [3.63, 3.8) is 0 Å². The van der Waals surface area contributed by atoms with E-state index < -0.39 is 10.0 Å². The lowest BCUT2D eigenvalue weighted by Gasteiger charge is -2.02. The van der Waals surface area contributed by atoms with Crippen molar-refractivity contribution in [1.29, 1.82) is 0 Å². The first-order valence-corrected chi connectivity index (χ1v) is 5.87. The van der Waals surface area contributed by atoms with Gasteiger partial charge in [-0.15, -0.1) is 0 Å². The summed E-state index contributed by atoms with van der Waals surface area (Å²) in [5.74, 6) is -0.324. The lowest BCUT2D eigenvalue weighted by molar-refractivity contribution is -0.142. The molecule has 1 atom stereocenters. The molecule has 0 fully saturated rings. The number of carbonyl (C=O) groups excluding carboxylic acids is 1. The summed E-state index contributed by atoms with van der Waals surface area (Å²) in [6.45, 7) is 1.58. The van der Waals surface area contributed by atoms with E-state index in [1.807, 2.05) is 0 Å². The molecule has 1 aromatic carbocycles. The Morgan fingerprint density at radius 2 is 2.00 bits per heavy atom. The van der Waals surface area contributed by atoms with E-state index in [1.54, 1.807) is 24.3 Å². The molecule has 0 saturated heterocycles. The summed E-state index contributed by atoms with van der Waals surface area (Å²) in [5.41, 5.74) is 0.839. The number of carbonyl (C=O) groups is 1. The molecular weight excluding hydrogens is 224 g/mol. The molecule has 0 amide bonds. The number of hydrogen-bond acceptors (Lipinski definition) is 3. The van der Waals surface area contributed by atoms with Gasteiger partial charge in [0.25, 0.3) is 0 Å². The molecule has 76 valence electrons. The largest absolute Gasteiger partial charge is 0.461 e. The van der Waals surface area contributed by atoms with E-state index in [-0.39, 0.29) is 12.6 Å². The van der Waals surface area contributed by atoms with Gasteiger partial charge in [0.15, 0.2) is 0 Å². The van der Waals surface area contributed by atoms with Crippen LogP contribution in [-0.2, 0) is 26.2 Å². The quantitative estimate of drug-likeness (QED) is 0.592. The van der Waals surface area contributed by atoms with Gasteiger partial charge in [-0.1, -0.05) is 12.1 Å². The third-order valence-electron chi connectivity index (χ3n) is 1.55. The molecule has 0 heterocycles. The van der Waals surface area contributed by atoms with Crippen molar-refractivity contribution in [1.82, 2.24) is 0 Å². The fraction of sp³-hybridized carbons (Fsp3) is 0.222. The number of ether oxygens (including phenoxy) is 1. The number of esters is 1. The molecule has 14 heavy (non-hydrogen) atoms. The zero-order valence-electron chi connectivity index (χ0n) is 7.53. The van der Waals surface area contributed by atoms with Gasteiger partial charge in [-0.25, -0.2) is 4.21 Å². The molecule has 1 rings (SSSR count). The van der Waals surface area contributed by atoms with E-state index >= 15 is 0 Å². The molecule has 0 radical (unpaired) electrons. The SMILES string of the molecule is CC(=O)OCc1ccc(S(=O)Cl)cc1. The fourth-order valence-corrected chi connectivity index (χ4v) is 1.54. The molecule has 0 aromatic heterocycles. The maximum atomic E-state index is 10.8. The molecule has 0 bridgehead atoms. The summed E-state index contributed by atoms with van der Waals surface area (Å²) in [4.78, 5) is 11.0. The highest BCUT2D eigenvalue weighted by Crippen LogP contribution is 2.11. The lowest BCUT2D eigenvalue weighted by atomic mass is 10.2. The van der Waals surface area contributed by atoms with Crippen LogP contribution in [0.2, 0.25) is 0 Å². The first kappa shape index (κ1) is 11.2. The van der Waals surface area contributed by atoms with Gasteiger partial charge in [0.2, 0.25) is 0 Å². The number of hydrogen-bond donors (Lipinski definition) is 0. The highest BCUT2D eigenvalue weighted by molar-refractivity contribution is 8.08. The van der Waals surface area contributed by atoms with E-state index in [0.29, 0.717) is 4.90 Å². The Kier molecular flexibility index (Phi) is 4.10. The standard InChI is InChI=1S/C9H9ClO3S/c1-7(11)13-6-8-2-4-9(5-3-8)14(10)12/h2-5H,6H2,1H3. The third kappa shape index (κ3) is 3.47. The molecule has 1 unspecified atom stereocenters. The Hall–Kier alpha value is -0.870. The minimum atomic E-state index is -1.49. The molecule has 0 saturated carbocycles. The van der Waals surface area contributed by atoms with Crippen molar-refractivity contribution >= 4 is 26.7 Å². The summed E-state index contributed by atoms with van der Waals surface area (Å²) >= 11 is 0. The second-order valence-electron chi connectivity index (χ2n) is 2.65. The van der Waals surface area contributed by atoms with Gasteiger partial charge in [-0.05, 0) is 28.4 Å². The lowest BCUT2D eigenvalue weighted by Crippen LogP contribution is -1.98. The average Bonchev–Trinajstić information content (AvgIpc) is 2.15. The molecular formula is C9H9ClO3S. The Bertz CT molecular complexity index is 348. The third-order valence-corrected chi connectivity index (χ3v) is 2.73. The van der Waals surface area contributed by atoms with Crippen molar-refractivity contribution in [3.05, 3.63) is 29.8 Å². The van der Waals surface area contributed by atoms with Gasteiger partial charge in [0, 0.05) is 6.92 Å². The van der Waals surface area contributed by atoms with Crippen LogP contribution in [0.25, 0.3) is 0 Å². The van der Waals surface area contributed by atoms with Crippen molar-refractivity contribution in [2.45, 2.75) is 18.4 Å². The summed E-state index contributed by atoms with van der Waals surface area (Å²) in [7, 11) is 3.88. The van der Waals surface area contributed by atoms with Gasteiger partial charge in [0.1, 0.15) is 16.6 Å². The van der Waals surface area contributed by atoms with E-state index in [1.165, 1.54) is 6.92 Å². The summed E-state index contributed by atoms with van der Waals surface area (Å²) in [6, 6.07) is 6.72. The molecule has 0 N–H and O–H groups in total. The molecule has 0 aliphatic heterocycles. The summed E-state index contributed by atoms with van der Waals surface area (Å²) < 4.78 is 15.6. The Balaban J connectivity index is 2.64. The van der Waals surface area contributed by atoms with Crippen LogP contribution in [0.1, 0.15) is 12.5 Å². The van der Waals surface area contributed by atoms with Gasteiger partial charge in [-0.3, -0.25) is 4.79 Å². The predicted molar refractivity (Wildman–Crippen MR) is 54.2 cm³/mol. The van der Waals surface area contributed by atoms with Gasteiger partial charge >= 0.3 is 5.97 Å². The molecule has 1 aromatic rings. The summed E-state index contributed by atoms with van der Waals surface area (Å²) in [5, 5.41) is 0. The van der Waals surface area contributed by atoms with Crippen molar-refractivity contribution in [2.75, 3.05) is 0 Å². The number of halogens is 1. The smallest absolute Gasteiger partial charge is 0.302 e. The Labute approximate surface area is 89.0 Å². The predicted octanol–water partition coefficient (Wildman–Crippen LogP) is 2.01. The zero-order valence-corrected chi connectivity index (χ0v) is 9.10. The molecule has 0 aliphatic rings. The summed E-state index contributed by atoms with van der Waals surface area (Å²) in [6.07, 6.45) is 0. The topological polar surface area (TPSA) is 43.4 Å². The van der Waals surface area contributed by atoms with Gasteiger partial charge in [-0.2, -0.15) is 0 Å². The highest BCUT2D eigenvalue weighted by Gasteiger charge is 2.00. The Morgan fingerprint density at radius 3 is 2.43 bits per heavy atom. The fourth-order valence-electron chi connectivity index (χ4n) is 0.878. The molecule has 0 spiro atoms. The van der Waals surface area contributed by atoms with Crippen LogP contribution < -0.4 is 0 Å². The van der Waals surface area contributed by atoms with Crippen LogP contribution >= 0.6 is 10.7 Å². The average molecular weight is 233 g/mol. The highest BCUT2D eigenvalue weighted by atomic mass is 35.7. The first-order chi connectivity index (χ1) is 6.59. The van der Waals surface area contributed by atoms with Crippen molar-refractivity contribution in [3.8, 4) is 0 Å². The van der Waals surface area contributed by atoms with E-state index in [9.17, 15) is 9.00 Å². The van der Waals surface area contributed by atoms with Crippen LogP contribution in [0.5, 0.6) is 0 Å². The maximum Gasteiger partial charge on any atom is 0.302 e. The first-order valence-electron chi connectivity index (χ1n) is 3.90. The number of rotatable bonds is 3. The Morgan fingerprint density at radius 1 is 1.43 bits per heavy atom. The van der Waals surface area contributed by atoms with E-state index in [0.717, 1.165) is 5.56 Å². The minimum Gasteiger partial charge on any atom is -0.461 e. The van der Waals surface area contributed by atoms with Gasteiger partial charge in [0.05, 0.1) is 4.90 Å². The number of benzene rings is 1. The second-order valence-corrected chi connectivity index (χ2v) is 4.41. The van der Waals surface area contributed by atoms with E-state index in [4.69, 9.17) is 15.4 Å². The normalized spacial score (nSPS) is 12.1. The van der Waals surface area contributed by atoms with Crippen LogP contribution in [0.15, 0.2) is 29.2 Å². The zero-order chi connectivity index (χ0) is 10.6. The van der Waals surface area contributed by atoms with Crippen LogP contribution in [0.4, 0.5) is 0 Å². The second kappa shape index (κ2) is 5.12. The molecule has 3 nitrogen and oxygen atoms in total. The van der Waals surface area contributed by atoms with E-state index in [2.05, 4.69) is 0 Å².